The van der Waals surface area contributed by atoms with E-state index in [0.717, 1.165) is 5.56 Å². The highest BCUT2D eigenvalue weighted by Crippen LogP contribution is 2.15. The Morgan fingerprint density at radius 2 is 2.12 bits per heavy atom. The number of ether oxygens (including phenoxy) is 1. The van der Waals surface area contributed by atoms with Crippen molar-refractivity contribution in [2.24, 2.45) is 11.7 Å². The van der Waals surface area contributed by atoms with Crippen LogP contribution < -0.4 is 11.1 Å². The second-order valence-electron chi connectivity index (χ2n) is 4.53. The summed E-state index contributed by atoms with van der Waals surface area (Å²) in [6.07, 6.45) is -0.430. The van der Waals surface area contributed by atoms with Gasteiger partial charge in [-0.15, -0.1) is 0 Å². The molecule has 1 unspecified atom stereocenters. The standard InChI is InChI=1S/C13H20N2O2/c1-9(2)8-17-13(16)15-12-6-4-5-11(7-12)10(3)14/h4-7,9-10H,8,14H2,1-3H3,(H,15,16). The Bertz CT molecular complexity index is 375. The molecule has 4 nitrogen and oxygen atoms in total. The molecule has 0 aliphatic rings. The largest absolute Gasteiger partial charge is 0.449 e. The highest BCUT2D eigenvalue weighted by atomic mass is 16.5. The van der Waals surface area contributed by atoms with Gasteiger partial charge in [-0.3, -0.25) is 5.32 Å². The molecule has 0 fully saturated rings. The number of hydrogen-bond acceptors (Lipinski definition) is 3. The predicted molar refractivity (Wildman–Crippen MR) is 68.9 cm³/mol. The zero-order valence-electron chi connectivity index (χ0n) is 10.6. The van der Waals surface area contributed by atoms with E-state index in [-0.39, 0.29) is 6.04 Å². The van der Waals surface area contributed by atoms with Crippen molar-refractivity contribution in [3.8, 4) is 0 Å². The fourth-order valence-corrected chi connectivity index (χ4v) is 1.30. The maximum Gasteiger partial charge on any atom is 0.411 e. The van der Waals surface area contributed by atoms with Crippen LogP contribution in [0.2, 0.25) is 0 Å². The molecule has 1 atom stereocenters. The summed E-state index contributed by atoms with van der Waals surface area (Å²) in [7, 11) is 0. The number of amides is 1. The molecule has 4 heteroatoms. The summed E-state index contributed by atoms with van der Waals surface area (Å²) in [5.74, 6) is 0.330. The first-order valence-electron chi connectivity index (χ1n) is 5.78. The first-order valence-corrected chi connectivity index (χ1v) is 5.78. The van der Waals surface area contributed by atoms with Crippen molar-refractivity contribution in [1.82, 2.24) is 0 Å². The lowest BCUT2D eigenvalue weighted by Gasteiger charge is -2.11. The van der Waals surface area contributed by atoms with E-state index >= 15 is 0 Å². The summed E-state index contributed by atoms with van der Waals surface area (Å²) in [6, 6.07) is 7.39. The molecule has 0 aliphatic carbocycles. The molecule has 0 heterocycles. The minimum atomic E-state index is -0.430. The monoisotopic (exact) mass is 236 g/mol. The molecule has 1 aromatic carbocycles. The van der Waals surface area contributed by atoms with Crippen LogP contribution in [0.15, 0.2) is 24.3 Å². The third kappa shape index (κ3) is 4.87. The van der Waals surface area contributed by atoms with Gasteiger partial charge in [0.2, 0.25) is 0 Å². The molecule has 1 amide bonds. The van der Waals surface area contributed by atoms with Gasteiger partial charge in [-0.05, 0) is 30.5 Å². The van der Waals surface area contributed by atoms with Gasteiger partial charge in [0.05, 0.1) is 6.61 Å². The number of anilines is 1. The van der Waals surface area contributed by atoms with Crippen LogP contribution in [0, 0.1) is 5.92 Å². The maximum atomic E-state index is 11.4. The molecule has 0 saturated carbocycles. The van der Waals surface area contributed by atoms with E-state index in [1.807, 2.05) is 45.0 Å². The Morgan fingerprint density at radius 3 is 2.71 bits per heavy atom. The number of nitrogens with two attached hydrogens (primary N) is 1. The van der Waals surface area contributed by atoms with Crippen LogP contribution in [0.4, 0.5) is 10.5 Å². The minimum Gasteiger partial charge on any atom is -0.449 e. The molecule has 0 aliphatic heterocycles. The zero-order valence-corrected chi connectivity index (χ0v) is 10.6. The molecule has 0 saturated heterocycles. The van der Waals surface area contributed by atoms with E-state index in [2.05, 4.69) is 5.32 Å². The van der Waals surface area contributed by atoms with Crippen LogP contribution in [0.3, 0.4) is 0 Å². The van der Waals surface area contributed by atoms with Crippen LogP contribution in [0.1, 0.15) is 32.4 Å². The Kier molecular flexibility index (Phi) is 4.97. The lowest BCUT2D eigenvalue weighted by molar-refractivity contribution is 0.147. The van der Waals surface area contributed by atoms with Crippen LogP contribution in [-0.2, 0) is 4.74 Å². The molecule has 1 rings (SSSR count). The smallest absolute Gasteiger partial charge is 0.411 e. The van der Waals surface area contributed by atoms with Crippen LogP contribution in [-0.4, -0.2) is 12.7 Å². The van der Waals surface area contributed by atoms with E-state index in [9.17, 15) is 4.79 Å². The van der Waals surface area contributed by atoms with Crippen LogP contribution in [0.5, 0.6) is 0 Å². The van der Waals surface area contributed by atoms with Gasteiger partial charge >= 0.3 is 6.09 Å². The second-order valence-corrected chi connectivity index (χ2v) is 4.53. The van der Waals surface area contributed by atoms with Crippen molar-refractivity contribution in [2.75, 3.05) is 11.9 Å². The summed E-state index contributed by atoms with van der Waals surface area (Å²) in [6.45, 7) is 6.29. The molecular weight excluding hydrogens is 216 g/mol. The number of carbonyl (C=O) groups is 1. The molecule has 1 aromatic rings. The van der Waals surface area contributed by atoms with E-state index in [0.29, 0.717) is 18.2 Å². The second kappa shape index (κ2) is 6.25. The van der Waals surface area contributed by atoms with Gasteiger partial charge in [0, 0.05) is 11.7 Å². The lowest BCUT2D eigenvalue weighted by Crippen LogP contribution is -2.17. The zero-order chi connectivity index (χ0) is 12.8. The molecule has 0 radical (unpaired) electrons. The molecular formula is C13H20N2O2. The van der Waals surface area contributed by atoms with Gasteiger partial charge < -0.3 is 10.5 Å². The van der Waals surface area contributed by atoms with Gasteiger partial charge in [0.25, 0.3) is 0 Å². The van der Waals surface area contributed by atoms with Gasteiger partial charge in [0.1, 0.15) is 0 Å². The molecule has 17 heavy (non-hydrogen) atoms. The third-order valence-corrected chi connectivity index (χ3v) is 2.21. The van der Waals surface area contributed by atoms with Crippen molar-refractivity contribution in [2.45, 2.75) is 26.8 Å². The molecule has 3 N–H and O–H groups in total. The Labute approximate surface area is 102 Å². The van der Waals surface area contributed by atoms with Crippen molar-refractivity contribution in [1.29, 1.82) is 0 Å². The summed E-state index contributed by atoms with van der Waals surface area (Å²) in [4.78, 5) is 11.4. The highest BCUT2D eigenvalue weighted by molar-refractivity contribution is 5.84. The summed E-state index contributed by atoms with van der Waals surface area (Å²) in [5.41, 5.74) is 7.45. The Hall–Kier alpha value is -1.55. The van der Waals surface area contributed by atoms with Crippen molar-refractivity contribution in [3.05, 3.63) is 29.8 Å². The van der Waals surface area contributed by atoms with Crippen molar-refractivity contribution < 1.29 is 9.53 Å². The topological polar surface area (TPSA) is 64.3 Å². The number of rotatable bonds is 4. The van der Waals surface area contributed by atoms with Gasteiger partial charge in [-0.25, -0.2) is 4.79 Å². The fourth-order valence-electron chi connectivity index (χ4n) is 1.30. The van der Waals surface area contributed by atoms with Crippen molar-refractivity contribution in [3.63, 3.8) is 0 Å². The SMILES string of the molecule is CC(C)COC(=O)Nc1cccc(C(C)N)c1. The average molecular weight is 236 g/mol. The highest BCUT2D eigenvalue weighted by Gasteiger charge is 2.06. The van der Waals surface area contributed by atoms with Crippen LogP contribution >= 0.6 is 0 Å². The summed E-state index contributed by atoms with van der Waals surface area (Å²) >= 11 is 0. The fraction of sp³-hybridized carbons (Fsp3) is 0.462. The van der Waals surface area contributed by atoms with E-state index in [4.69, 9.17) is 10.5 Å². The van der Waals surface area contributed by atoms with Gasteiger partial charge in [0.15, 0.2) is 0 Å². The van der Waals surface area contributed by atoms with E-state index in [1.54, 1.807) is 0 Å². The van der Waals surface area contributed by atoms with E-state index < -0.39 is 6.09 Å². The van der Waals surface area contributed by atoms with Gasteiger partial charge in [-0.1, -0.05) is 26.0 Å². The normalized spacial score (nSPS) is 12.3. The molecule has 0 spiro atoms. The molecule has 94 valence electrons. The lowest BCUT2D eigenvalue weighted by atomic mass is 10.1. The maximum absolute atomic E-state index is 11.4. The molecule has 0 bridgehead atoms. The number of nitrogens with one attached hydrogen (secondary N) is 1. The van der Waals surface area contributed by atoms with E-state index in [1.165, 1.54) is 0 Å². The van der Waals surface area contributed by atoms with Gasteiger partial charge in [-0.2, -0.15) is 0 Å². The quantitative estimate of drug-likeness (QED) is 0.844. The van der Waals surface area contributed by atoms with Crippen molar-refractivity contribution >= 4 is 11.8 Å². The third-order valence-electron chi connectivity index (χ3n) is 2.21. The Balaban J connectivity index is 2.56. The Morgan fingerprint density at radius 1 is 1.41 bits per heavy atom. The first-order chi connectivity index (χ1) is 7.99. The first kappa shape index (κ1) is 13.5. The minimum absolute atomic E-state index is 0.0524. The average Bonchev–Trinajstić information content (AvgIpc) is 2.26. The predicted octanol–water partition coefficient (Wildman–Crippen LogP) is 2.91. The van der Waals surface area contributed by atoms with Crippen LogP contribution in [0.25, 0.3) is 0 Å². The number of hydrogen-bond donors (Lipinski definition) is 2. The number of carbonyl (C=O) groups excluding carboxylic acids is 1. The molecule has 0 aromatic heterocycles. The number of benzene rings is 1. The summed E-state index contributed by atoms with van der Waals surface area (Å²) in [5, 5.41) is 2.68. The summed E-state index contributed by atoms with van der Waals surface area (Å²) < 4.78 is 5.03.